The first kappa shape index (κ1) is 28.9. The molecule has 6 N–H and O–H groups in total. The van der Waals surface area contributed by atoms with Crippen LogP contribution in [0.2, 0.25) is 0 Å². The Morgan fingerprint density at radius 1 is 0.905 bits per heavy atom. The van der Waals surface area contributed by atoms with Gasteiger partial charge in [0.2, 0.25) is 6.29 Å². The van der Waals surface area contributed by atoms with Crippen LogP contribution in [-0.2, 0) is 14.3 Å². The van der Waals surface area contributed by atoms with Gasteiger partial charge >= 0.3 is 5.97 Å². The number of esters is 1. The van der Waals surface area contributed by atoms with Gasteiger partial charge in [0.15, 0.2) is 5.78 Å². The zero-order valence-corrected chi connectivity index (χ0v) is 21.9. The average Bonchev–Trinajstić information content (AvgIpc) is 2.96. The van der Waals surface area contributed by atoms with E-state index in [1.807, 2.05) is 0 Å². The van der Waals surface area contributed by atoms with Crippen LogP contribution in [0.15, 0.2) is 66.7 Å². The van der Waals surface area contributed by atoms with Gasteiger partial charge in [-0.1, -0.05) is 24.3 Å². The highest BCUT2D eigenvalue weighted by molar-refractivity contribution is 6.02. The molecule has 3 aromatic rings. The Morgan fingerprint density at radius 3 is 2.26 bits per heavy atom. The van der Waals surface area contributed by atoms with Gasteiger partial charge in [-0.15, -0.1) is 0 Å². The molecule has 220 valence electrons. The van der Waals surface area contributed by atoms with Crippen LogP contribution in [0, 0.1) is 0 Å². The highest BCUT2D eigenvalue weighted by atomic mass is 16.7. The second-order valence-corrected chi connectivity index (χ2v) is 9.83. The second-order valence-electron chi connectivity index (χ2n) is 9.83. The molecule has 42 heavy (non-hydrogen) atoms. The molecule has 6 atom stereocenters. The standard InChI is InChI=1S/C30H28O12/c31-17-6-1-15(2-7-17)3-10-25(35)39-14-24-27(36)28(37)29(38)30(42-24)40-19-11-20(33)26-21(34)13-22(41-23(26)12-19)16-4-8-18(32)9-5-16/h1-12,22,24,27-33,36-38H,13-14H2. The van der Waals surface area contributed by atoms with E-state index in [0.717, 1.165) is 12.1 Å². The largest absolute Gasteiger partial charge is 0.508 e. The quantitative estimate of drug-likeness (QED) is 0.176. The summed E-state index contributed by atoms with van der Waals surface area (Å²) in [4.78, 5) is 25.0. The van der Waals surface area contributed by atoms with Gasteiger partial charge in [-0.05, 0) is 41.5 Å². The van der Waals surface area contributed by atoms with Crippen LogP contribution in [0.4, 0.5) is 0 Å². The van der Waals surface area contributed by atoms with Gasteiger partial charge in [-0.25, -0.2) is 4.79 Å². The van der Waals surface area contributed by atoms with Crippen molar-refractivity contribution in [3.63, 3.8) is 0 Å². The molecule has 12 heteroatoms. The number of aromatic hydroxyl groups is 3. The average molecular weight is 581 g/mol. The zero-order valence-electron chi connectivity index (χ0n) is 21.9. The number of rotatable bonds is 7. The number of ketones is 1. The van der Waals surface area contributed by atoms with Crippen LogP contribution in [0.25, 0.3) is 6.08 Å². The summed E-state index contributed by atoms with van der Waals surface area (Å²) in [6.45, 7) is -0.495. The molecule has 2 aliphatic heterocycles. The van der Waals surface area contributed by atoms with Crippen LogP contribution in [0.3, 0.4) is 0 Å². The summed E-state index contributed by atoms with van der Waals surface area (Å²) in [5.74, 6) is -1.55. The summed E-state index contributed by atoms with van der Waals surface area (Å²) in [5.41, 5.74) is 1.19. The van der Waals surface area contributed by atoms with Crippen LogP contribution in [0.5, 0.6) is 28.7 Å². The van der Waals surface area contributed by atoms with Crippen molar-refractivity contribution >= 4 is 17.8 Å². The smallest absolute Gasteiger partial charge is 0.330 e. The lowest BCUT2D eigenvalue weighted by atomic mass is 9.95. The molecule has 5 rings (SSSR count). The molecule has 0 aromatic heterocycles. The zero-order chi connectivity index (χ0) is 30.0. The monoisotopic (exact) mass is 580 g/mol. The number of hydrogen-bond acceptors (Lipinski definition) is 12. The number of fused-ring (bicyclic) bond motifs is 1. The Balaban J connectivity index is 1.26. The summed E-state index contributed by atoms with van der Waals surface area (Å²) in [7, 11) is 0. The first-order valence-electron chi connectivity index (χ1n) is 12.9. The fourth-order valence-electron chi connectivity index (χ4n) is 4.61. The second kappa shape index (κ2) is 12.1. The third-order valence-corrected chi connectivity index (χ3v) is 6.85. The van der Waals surface area contributed by atoms with Crippen molar-refractivity contribution in [3.05, 3.63) is 83.4 Å². The normalized spacial score (nSPS) is 25.5. The van der Waals surface area contributed by atoms with Crippen LogP contribution >= 0.6 is 0 Å². The Kier molecular flexibility index (Phi) is 8.31. The van der Waals surface area contributed by atoms with Crippen molar-refractivity contribution in [2.75, 3.05) is 6.61 Å². The van der Waals surface area contributed by atoms with Crippen molar-refractivity contribution in [1.29, 1.82) is 0 Å². The molecule has 1 fully saturated rings. The minimum atomic E-state index is -1.73. The predicted molar refractivity (Wildman–Crippen MR) is 144 cm³/mol. The molecule has 3 aromatic carbocycles. The fraction of sp³-hybridized carbons (Fsp3) is 0.267. The number of carbonyl (C=O) groups excluding carboxylic acids is 2. The van der Waals surface area contributed by atoms with Crippen LogP contribution in [-0.4, -0.2) is 79.7 Å². The predicted octanol–water partition coefficient (Wildman–Crippen LogP) is 1.95. The van der Waals surface area contributed by atoms with Gasteiger partial charge in [0.25, 0.3) is 0 Å². The number of hydrogen-bond donors (Lipinski definition) is 6. The SMILES string of the molecule is O=C(C=Cc1ccc(O)cc1)OCC1OC(Oc2cc(O)c3c(c2)OC(c2ccc(O)cc2)CC3=O)C(O)C(O)C1O. The molecule has 6 unspecified atom stereocenters. The van der Waals surface area contributed by atoms with Gasteiger partial charge in [-0.3, -0.25) is 4.79 Å². The summed E-state index contributed by atoms with van der Waals surface area (Å²) in [6, 6.07) is 14.6. The molecule has 0 aliphatic carbocycles. The van der Waals surface area contributed by atoms with Crippen molar-refractivity contribution in [1.82, 2.24) is 0 Å². The third kappa shape index (κ3) is 6.31. The van der Waals surface area contributed by atoms with Gasteiger partial charge in [0.1, 0.15) is 71.4 Å². The van der Waals surface area contributed by atoms with Gasteiger partial charge in [0, 0.05) is 18.2 Å². The lowest BCUT2D eigenvalue weighted by Gasteiger charge is -2.40. The maximum Gasteiger partial charge on any atom is 0.330 e. The molecule has 0 saturated carbocycles. The van der Waals surface area contributed by atoms with Crippen molar-refractivity contribution < 1.29 is 59.2 Å². The maximum atomic E-state index is 12.8. The number of benzene rings is 3. The van der Waals surface area contributed by atoms with Gasteiger partial charge in [0.05, 0.1) is 6.42 Å². The van der Waals surface area contributed by atoms with Crippen molar-refractivity contribution in [2.24, 2.45) is 0 Å². The van der Waals surface area contributed by atoms with Crippen LogP contribution in [0.1, 0.15) is 34.0 Å². The van der Waals surface area contributed by atoms with E-state index < -0.39 is 55.1 Å². The van der Waals surface area contributed by atoms with E-state index in [9.17, 15) is 40.2 Å². The Hall–Kier alpha value is -4.62. The molecule has 0 bridgehead atoms. The number of ether oxygens (including phenoxy) is 4. The van der Waals surface area contributed by atoms with Crippen molar-refractivity contribution in [2.45, 2.75) is 43.2 Å². The van der Waals surface area contributed by atoms with E-state index >= 15 is 0 Å². The topological polar surface area (TPSA) is 192 Å². The number of phenolic OH excluding ortho intramolecular Hbond substituents is 3. The van der Waals surface area contributed by atoms with E-state index in [0.29, 0.717) is 11.1 Å². The molecule has 0 radical (unpaired) electrons. The van der Waals surface area contributed by atoms with Gasteiger partial charge < -0.3 is 49.6 Å². The fourth-order valence-corrected chi connectivity index (χ4v) is 4.61. The summed E-state index contributed by atoms with van der Waals surface area (Å²) in [6.07, 6.45) is -6.12. The molecule has 0 spiro atoms. The number of carbonyl (C=O) groups is 2. The minimum Gasteiger partial charge on any atom is -0.508 e. The molecule has 2 heterocycles. The number of aliphatic hydroxyl groups excluding tert-OH is 3. The summed E-state index contributed by atoms with van der Waals surface area (Å²) in [5, 5.41) is 60.7. The summed E-state index contributed by atoms with van der Waals surface area (Å²) >= 11 is 0. The van der Waals surface area contributed by atoms with E-state index in [4.69, 9.17) is 18.9 Å². The number of Topliss-reactive ketones (excluding diaryl/α,β-unsaturated/α-hetero) is 1. The van der Waals surface area contributed by atoms with E-state index in [1.165, 1.54) is 36.4 Å². The molecule has 0 amide bonds. The first-order chi connectivity index (χ1) is 20.1. The minimum absolute atomic E-state index is 0.0103. The van der Waals surface area contributed by atoms with E-state index in [2.05, 4.69) is 0 Å². The number of aliphatic hydroxyl groups is 3. The molecule has 2 aliphatic rings. The lowest BCUT2D eigenvalue weighted by Crippen LogP contribution is -2.60. The first-order valence-corrected chi connectivity index (χ1v) is 12.9. The number of phenols is 3. The Morgan fingerprint density at radius 2 is 1.57 bits per heavy atom. The van der Waals surface area contributed by atoms with E-state index in [-0.39, 0.29) is 40.8 Å². The van der Waals surface area contributed by atoms with Crippen LogP contribution < -0.4 is 9.47 Å². The van der Waals surface area contributed by atoms with Gasteiger partial charge in [-0.2, -0.15) is 0 Å². The highest BCUT2D eigenvalue weighted by Gasteiger charge is 2.45. The maximum absolute atomic E-state index is 12.8. The lowest BCUT2D eigenvalue weighted by molar-refractivity contribution is -0.278. The summed E-state index contributed by atoms with van der Waals surface area (Å²) < 4.78 is 22.3. The molecule has 1 saturated heterocycles. The molecular weight excluding hydrogens is 552 g/mol. The van der Waals surface area contributed by atoms with Crippen molar-refractivity contribution in [3.8, 4) is 28.7 Å². The third-order valence-electron chi connectivity index (χ3n) is 6.85. The Labute approximate surface area is 239 Å². The van der Waals surface area contributed by atoms with E-state index in [1.54, 1.807) is 24.3 Å². The molecular formula is C30H28O12. The Bertz CT molecular complexity index is 1470. The molecule has 12 nitrogen and oxygen atoms in total. The highest BCUT2D eigenvalue weighted by Crippen LogP contribution is 2.42.